The Morgan fingerprint density at radius 2 is 2.18 bits per heavy atom. The summed E-state index contributed by atoms with van der Waals surface area (Å²) in [6.45, 7) is 5.18. The molecule has 22 heavy (non-hydrogen) atoms. The van der Waals surface area contributed by atoms with Crippen molar-refractivity contribution >= 4 is 11.0 Å². The Bertz CT molecular complexity index is 651. The third-order valence-corrected chi connectivity index (χ3v) is 5.30. The molecule has 1 heterocycles. The first-order valence-electron chi connectivity index (χ1n) is 8.34. The molecule has 0 saturated heterocycles. The number of hydrogen-bond acceptors (Lipinski definition) is 3. The number of aromatic nitrogens is 2. The van der Waals surface area contributed by atoms with Crippen molar-refractivity contribution in [3.63, 3.8) is 0 Å². The van der Waals surface area contributed by atoms with Crippen LogP contribution in [0, 0.1) is 5.41 Å². The van der Waals surface area contributed by atoms with Gasteiger partial charge in [0, 0.05) is 19.0 Å². The molecular weight excluding hydrogens is 274 g/mol. The summed E-state index contributed by atoms with van der Waals surface area (Å²) in [7, 11) is 2.07. The van der Waals surface area contributed by atoms with Gasteiger partial charge in [0.15, 0.2) is 0 Å². The fraction of sp³-hybridized carbons (Fsp3) is 0.611. The molecule has 1 fully saturated rings. The van der Waals surface area contributed by atoms with Crippen molar-refractivity contribution in [1.82, 2.24) is 14.9 Å². The maximum absolute atomic E-state index is 10.3. The molecule has 0 radical (unpaired) electrons. The maximum atomic E-state index is 10.3. The van der Waals surface area contributed by atoms with Crippen molar-refractivity contribution in [2.75, 3.05) is 6.54 Å². The highest BCUT2D eigenvalue weighted by atomic mass is 16.3. The molecule has 1 aromatic carbocycles. The molecule has 4 heteroatoms. The van der Waals surface area contributed by atoms with E-state index >= 15 is 0 Å². The fourth-order valence-electron chi connectivity index (χ4n) is 3.62. The van der Waals surface area contributed by atoms with E-state index < -0.39 is 0 Å². The van der Waals surface area contributed by atoms with Crippen LogP contribution in [-0.4, -0.2) is 27.3 Å². The Balaban J connectivity index is 1.73. The van der Waals surface area contributed by atoms with Crippen molar-refractivity contribution in [3.8, 4) is 0 Å². The van der Waals surface area contributed by atoms with Crippen LogP contribution in [0.4, 0.5) is 0 Å². The number of nitrogens with zero attached hydrogens (tertiary/aromatic N) is 2. The van der Waals surface area contributed by atoms with Crippen molar-refractivity contribution in [1.29, 1.82) is 0 Å². The lowest BCUT2D eigenvalue weighted by Gasteiger charge is -2.39. The van der Waals surface area contributed by atoms with Gasteiger partial charge in [0.25, 0.3) is 0 Å². The Morgan fingerprint density at radius 1 is 1.41 bits per heavy atom. The van der Waals surface area contributed by atoms with Gasteiger partial charge in [-0.25, -0.2) is 4.98 Å². The molecular formula is C18H27N3O. The highest BCUT2D eigenvalue weighted by Crippen LogP contribution is 2.36. The van der Waals surface area contributed by atoms with E-state index in [4.69, 9.17) is 4.98 Å². The number of hydrogen-bond donors (Lipinski definition) is 2. The highest BCUT2D eigenvalue weighted by molar-refractivity contribution is 5.75. The number of fused-ring (bicyclic) bond motifs is 1. The molecule has 3 atom stereocenters. The van der Waals surface area contributed by atoms with E-state index in [1.807, 2.05) is 12.1 Å². The summed E-state index contributed by atoms with van der Waals surface area (Å²) in [5.41, 5.74) is 2.18. The molecule has 120 valence electrons. The summed E-state index contributed by atoms with van der Waals surface area (Å²) in [6, 6.07) is 8.40. The SMILES string of the molecule is CC(NCC1(C)CCCCC1O)c1nc2ccccc2n1C. The molecule has 0 bridgehead atoms. The summed E-state index contributed by atoms with van der Waals surface area (Å²) in [6.07, 6.45) is 4.20. The zero-order chi connectivity index (χ0) is 15.7. The van der Waals surface area contributed by atoms with Gasteiger partial charge < -0.3 is 15.0 Å². The number of nitrogens with one attached hydrogen (secondary N) is 1. The number of aryl methyl sites for hydroxylation is 1. The summed E-state index contributed by atoms with van der Waals surface area (Å²) in [5.74, 6) is 1.05. The number of imidazole rings is 1. The molecule has 0 spiro atoms. The van der Waals surface area contributed by atoms with Gasteiger partial charge in [-0.15, -0.1) is 0 Å². The van der Waals surface area contributed by atoms with Gasteiger partial charge in [0.2, 0.25) is 0 Å². The minimum Gasteiger partial charge on any atom is -0.393 e. The van der Waals surface area contributed by atoms with E-state index in [2.05, 4.69) is 42.9 Å². The lowest BCUT2D eigenvalue weighted by atomic mass is 9.73. The van der Waals surface area contributed by atoms with Crippen LogP contribution in [0.3, 0.4) is 0 Å². The average molecular weight is 301 g/mol. The first-order valence-corrected chi connectivity index (χ1v) is 8.34. The van der Waals surface area contributed by atoms with Gasteiger partial charge in [-0.2, -0.15) is 0 Å². The molecule has 0 amide bonds. The number of benzene rings is 1. The predicted molar refractivity (Wildman–Crippen MR) is 89.7 cm³/mol. The number of para-hydroxylation sites is 2. The summed E-state index contributed by atoms with van der Waals surface area (Å²) in [4.78, 5) is 4.76. The van der Waals surface area contributed by atoms with Crippen LogP contribution in [0.5, 0.6) is 0 Å². The normalized spacial score (nSPS) is 27.2. The van der Waals surface area contributed by atoms with Gasteiger partial charge >= 0.3 is 0 Å². The lowest BCUT2D eigenvalue weighted by Crippen LogP contribution is -2.44. The average Bonchev–Trinajstić information content (AvgIpc) is 2.86. The molecule has 1 aromatic heterocycles. The van der Waals surface area contributed by atoms with Crippen molar-refractivity contribution in [2.24, 2.45) is 12.5 Å². The van der Waals surface area contributed by atoms with Gasteiger partial charge in [0.1, 0.15) is 5.82 Å². The third kappa shape index (κ3) is 2.77. The number of rotatable bonds is 4. The van der Waals surface area contributed by atoms with E-state index in [-0.39, 0.29) is 17.6 Å². The van der Waals surface area contributed by atoms with Gasteiger partial charge in [-0.05, 0) is 31.9 Å². The number of aliphatic hydroxyl groups is 1. The zero-order valence-electron chi connectivity index (χ0n) is 13.8. The Hall–Kier alpha value is -1.39. The van der Waals surface area contributed by atoms with Gasteiger partial charge in [0.05, 0.1) is 23.2 Å². The second-order valence-electron chi connectivity index (χ2n) is 7.04. The first kappa shape index (κ1) is 15.5. The lowest BCUT2D eigenvalue weighted by molar-refractivity contribution is -0.000183. The molecule has 2 aromatic rings. The predicted octanol–water partition coefficient (Wildman–Crippen LogP) is 3.17. The van der Waals surface area contributed by atoms with Crippen LogP contribution in [0.15, 0.2) is 24.3 Å². The third-order valence-electron chi connectivity index (χ3n) is 5.30. The molecule has 1 aliphatic rings. The zero-order valence-corrected chi connectivity index (χ0v) is 13.8. The van der Waals surface area contributed by atoms with Gasteiger partial charge in [-0.1, -0.05) is 31.9 Å². The Labute approximate surface area is 132 Å². The quantitative estimate of drug-likeness (QED) is 0.912. The van der Waals surface area contributed by atoms with Crippen LogP contribution in [0.1, 0.15) is 51.4 Å². The monoisotopic (exact) mass is 301 g/mol. The Morgan fingerprint density at radius 3 is 2.91 bits per heavy atom. The molecule has 3 unspecified atom stereocenters. The van der Waals surface area contributed by atoms with Crippen LogP contribution in [-0.2, 0) is 7.05 Å². The highest BCUT2D eigenvalue weighted by Gasteiger charge is 2.35. The number of aliphatic hydroxyl groups excluding tert-OH is 1. The van der Waals surface area contributed by atoms with Crippen LogP contribution in [0.25, 0.3) is 11.0 Å². The second kappa shape index (κ2) is 6.01. The maximum Gasteiger partial charge on any atom is 0.126 e. The van der Waals surface area contributed by atoms with Crippen LogP contribution >= 0.6 is 0 Å². The van der Waals surface area contributed by atoms with Crippen molar-refractivity contribution in [2.45, 2.75) is 51.7 Å². The van der Waals surface area contributed by atoms with E-state index in [0.717, 1.165) is 42.7 Å². The molecule has 1 aliphatic carbocycles. The summed E-state index contributed by atoms with van der Waals surface area (Å²) < 4.78 is 2.16. The smallest absolute Gasteiger partial charge is 0.126 e. The largest absolute Gasteiger partial charge is 0.393 e. The fourth-order valence-corrected chi connectivity index (χ4v) is 3.62. The first-order chi connectivity index (χ1) is 10.5. The van der Waals surface area contributed by atoms with Crippen molar-refractivity contribution in [3.05, 3.63) is 30.1 Å². The molecule has 1 saturated carbocycles. The second-order valence-corrected chi connectivity index (χ2v) is 7.04. The van der Waals surface area contributed by atoms with E-state index in [0.29, 0.717) is 0 Å². The topological polar surface area (TPSA) is 50.1 Å². The van der Waals surface area contributed by atoms with E-state index in [9.17, 15) is 5.11 Å². The standard InChI is InChI=1S/C18H27N3O/c1-13(19-12-18(2)11-7-6-10-16(18)22)17-20-14-8-4-5-9-15(14)21(17)3/h4-5,8-9,13,16,19,22H,6-7,10-12H2,1-3H3. The molecule has 2 N–H and O–H groups in total. The van der Waals surface area contributed by atoms with Crippen molar-refractivity contribution < 1.29 is 5.11 Å². The van der Waals surface area contributed by atoms with Gasteiger partial charge in [-0.3, -0.25) is 0 Å². The molecule has 4 nitrogen and oxygen atoms in total. The van der Waals surface area contributed by atoms with Crippen LogP contribution < -0.4 is 5.32 Å². The Kier molecular flexibility index (Phi) is 4.24. The summed E-state index contributed by atoms with van der Waals surface area (Å²) >= 11 is 0. The van der Waals surface area contributed by atoms with Crippen LogP contribution in [0.2, 0.25) is 0 Å². The van der Waals surface area contributed by atoms with E-state index in [1.165, 1.54) is 6.42 Å². The minimum atomic E-state index is -0.193. The molecule has 3 rings (SSSR count). The summed E-state index contributed by atoms with van der Waals surface area (Å²) in [5, 5.41) is 13.9. The van der Waals surface area contributed by atoms with E-state index in [1.54, 1.807) is 0 Å². The minimum absolute atomic E-state index is 0.0168. The molecule has 0 aliphatic heterocycles.